The molecule has 1 radical (unpaired) electrons. The second kappa shape index (κ2) is 2.18. The monoisotopic (exact) mass is 151 g/mol. The minimum Gasteiger partial charge on any atom is -0.480 e. The van der Waals surface area contributed by atoms with Gasteiger partial charge < -0.3 is 4.74 Å². The average Bonchev–Trinajstić information content (AvgIpc) is 2.11. The van der Waals surface area contributed by atoms with Crippen molar-refractivity contribution in [1.82, 2.24) is 0 Å². The van der Waals surface area contributed by atoms with Crippen LogP contribution >= 0.6 is 0 Å². The third kappa shape index (κ3) is 1.43. The SMILES string of the molecule is CC1=CO[C](C(F)(F)F)C1. The summed E-state index contributed by atoms with van der Waals surface area (Å²) in [5.74, 6) is 0. The molecule has 0 bridgehead atoms. The zero-order valence-corrected chi connectivity index (χ0v) is 5.33. The smallest absolute Gasteiger partial charge is 0.432 e. The fourth-order valence-electron chi connectivity index (χ4n) is 0.675. The third-order valence-electron chi connectivity index (χ3n) is 1.16. The van der Waals surface area contributed by atoms with Crippen LogP contribution in [0.4, 0.5) is 13.2 Å². The molecule has 10 heavy (non-hydrogen) atoms. The molecule has 0 saturated heterocycles. The Labute approximate surface area is 56.5 Å². The summed E-state index contributed by atoms with van der Waals surface area (Å²) in [6.07, 6.45) is -4.09. The maximum absolute atomic E-state index is 11.7. The molecule has 1 rings (SSSR count). The lowest BCUT2D eigenvalue weighted by atomic mass is 10.2. The van der Waals surface area contributed by atoms with Gasteiger partial charge in [0.2, 0.25) is 0 Å². The second-order valence-corrected chi connectivity index (χ2v) is 2.18. The first-order valence-electron chi connectivity index (χ1n) is 2.75. The minimum absolute atomic E-state index is 0.108. The Hall–Kier alpha value is -0.670. The molecule has 1 heterocycles. The molecule has 0 aromatic rings. The standard InChI is InChI=1S/C6H6F3O/c1-4-2-5(10-3-4)6(7,8)9/h3H,2H2,1H3. The van der Waals surface area contributed by atoms with Crippen molar-refractivity contribution in [3.8, 4) is 0 Å². The highest BCUT2D eigenvalue weighted by atomic mass is 19.4. The first-order valence-corrected chi connectivity index (χ1v) is 2.75. The van der Waals surface area contributed by atoms with Crippen molar-refractivity contribution in [3.63, 3.8) is 0 Å². The van der Waals surface area contributed by atoms with Crippen molar-refractivity contribution in [2.75, 3.05) is 0 Å². The molecule has 1 nitrogen and oxygen atoms in total. The number of halogens is 3. The number of hydrogen-bond acceptors (Lipinski definition) is 1. The molecular formula is C6H6F3O. The average molecular weight is 151 g/mol. The van der Waals surface area contributed by atoms with Crippen LogP contribution in [0.5, 0.6) is 0 Å². The van der Waals surface area contributed by atoms with Crippen molar-refractivity contribution in [2.45, 2.75) is 19.5 Å². The molecule has 0 atom stereocenters. The number of hydrogen-bond donors (Lipinski definition) is 0. The molecule has 0 aromatic carbocycles. The molecule has 1 aliphatic rings. The minimum atomic E-state index is -4.30. The van der Waals surface area contributed by atoms with Crippen LogP contribution in [-0.4, -0.2) is 6.18 Å². The summed E-state index contributed by atoms with van der Waals surface area (Å²) < 4.78 is 39.5. The van der Waals surface area contributed by atoms with E-state index in [0.717, 1.165) is 6.26 Å². The first kappa shape index (κ1) is 7.44. The van der Waals surface area contributed by atoms with Gasteiger partial charge in [-0.05, 0) is 12.5 Å². The summed E-state index contributed by atoms with van der Waals surface area (Å²) in [4.78, 5) is 0. The summed E-state index contributed by atoms with van der Waals surface area (Å²) in [6.45, 7) is 1.60. The maximum Gasteiger partial charge on any atom is 0.432 e. The van der Waals surface area contributed by atoms with Gasteiger partial charge in [0.05, 0.1) is 6.26 Å². The number of rotatable bonds is 0. The van der Waals surface area contributed by atoms with E-state index in [4.69, 9.17) is 0 Å². The lowest BCUT2D eigenvalue weighted by molar-refractivity contribution is -0.152. The molecule has 0 N–H and O–H groups in total. The Kier molecular flexibility index (Phi) is 1.62. The van der Waals surface area contributed by atoms with Gasteiger partial charge >= 0.3 is 6.18 Å². The molecule has 0 aromatic heterocycles. The van der Waals surface area contributed by atoms with Gasteiger partial charge in [0.25, 0.3) is 6.10 Å². The molecule has 0 spiro atoms. The van der Waals surface area contributed by atoms with Crippen LogP contribution in [0, 0.1) is 6.10 Å². The van der Waals surface area contributed by atoms with E-state index in [1.165, 1.54) is 0 Å². The Morgan fingerprint density at radius 2 is 2.10 bits per heavy atom. The summed E-state index contributed by atoms with van der Waals surface area (Å²) in [6, 6.07) is 0. The Bertz CT molecular complexity index is 159. The van der Waals surface area contributed by atoms with Crippen LogP contribution < -0.4 is 0 Å². The van der Waals surface area contributed by atoms with Crippen LogP contribution in [0.1, 0.15) is 13.3 Å². The fourth-order valence-corrected chi connectivity index (χ4v) is 0.675. The predicted octanol–water partition coefficient (Wildman–Crippen LogP) is 2.40. The number of alkyl halides is 3. The largest absolute Gasteiger partial charge is 0.480 e. The van der Waals surface area contributed by atoms with Crippen molar-refractivity contribution < 1.29 is 17.9 Å². The van der Waals surface area contributed by atoms with Gasteiger partial charge in [-0.15, -0.1) is 0 Å². The van der Waals surface area contributed by atoms with Crippen molar-refractivity contribution >= 4 is 0 Å². The van der Waals surface area contributed by atoms with Gasteiger partial charge in [-0.1, -0.05) is 0 Å². The van der Waals surface area contributed by atoms with E-state index in [9.17, 15) is 13.2 Å². The Balaban J connectivity index is 2.50. The van der Waals surface area contributed by atoms with Crippen LogP contribution in [0.25, 0.3) is 0 Å². The van der Waals surface area contributed by atoms with Crippen molar-refractivity contribution in [3.05, 3.63) is 17.9 Å². The Morgan fingerprint density at radius 3 is 2.30 bits per heavy atom. The molecule has 4 heteroatoms. The molecule has 0 unspecified atom stereocenters. The van der Waals surface area contributed by atoms with Gasteiger partial charge in [-0.2, -0.15) is 13.2 Å². The third-order valence-corrected chi connectivity index (χ3v) is 1.16. The Morgan fingerprint density at radius 1 is 1.50 bits per heavy atom. The predicted molar refractivity (Wildman–Crippen MR) is 28.8 cm³/mol. The molecule has 57 valence electrons. The number of ether oxygens (including phenoxy) is 1. The van der Waals surface area contributed by atoms with Gasteiger partial charge in [0.15, 0.2) is 0 Å². The highest BCUT2D eigenvalue weighted by Crippen LogP contribution is 2.37. The van der Waals surface area contributed by atoms with Crippen molar-refractivity contribution in [1.29, 1.82) is 0 Å². The highest BCUT2D eigenvalue weighted by Gasteiger charge is 2.44. The highest BCUT2D eigenvalue weighted by molar-refractivity contribution is 5.11. The topological polar surface area (TPSA) is 9.23 Å². The molecule has 0 aliphatic carbocycles. The molecule has 1 aliphatic heterocycles. The normalized spacial score (nSPS) is 20.6. The van der Waals surface area contributed by atoms with Crippen LogP contribution in [-0.2, 0) is 4.74 Å². The quantitative estimate of drug-likeness (QED) is 0.516. The summed E-state index contributed by atoms with van der Waals surface area (Å²) in [5, 5.41) is 0. The van der Waals surface area contributed by atoms with Crippen LogP contribution in [0.15, 0.2) is 11.8 Å². The van der Waals surface area contributed by atoms with E-state index in [1.807, 2.05) is 0 Å². The summed E-state index contributed by atoms with van der Waals surface area (Å²) in [7, 11) is 0. The van der Waals surface area contributed by atoms with Gasteiger partial charge in [0, 0.05) is 6.42 Å². The molecular weight excluding hydrogens is 145 g/mol. The van der Waals surface area contributed by atoms with E-state index in [1.54, 1.807) is 6.92 Å². The van der Waals surface area contributed by atoms with Gasteiger partial charge in [-0.3, -0.25) is 0 Å². The first-order chi connectivity index (χ1) is 4.50. The summed E-state index contributed by atoms with van der Waals surface area (Å²) in [5.41, 5.74) is 0.604. The van der Waals surface area contributed by atoms with Crippen LogP contribution in [0.2, 0.25) is 0 Å². The molecule has 0 saturated carbocycles. The van der Waals surface area contributed by atoms with Gasteiger partial charge in [0.1, 0.15) is 0 Å². The fraction of sp³-hybridized carbons (Fsp3) is 0.500. The molecule has 0 amide bonds. The van der Waals surface area contributed by atoms with E-state index >= 15 is 0 Å². The van der Waals surface area contributed by atoms with E-state index in [-0.39, 0.29) is 6.42 Å². The second-order valence-electron chi connectivity index (χ2n) is 2.18. The van der Waals surface area contributed by atoms with Crippen molar-refractivity contribution in [2.24, 2.45) is 0 Å². The zero-order chi connectivity index (χ0) is 7.78. The maximum atomic E-state index is 11.7. The molecule has 0 fully saturated rings. The van der Waals surface area contributed by atoms with Gasteiger partial charge in [-0.25, -0.2) is 0 Å². The lowest BCUT2D eigenvalue weighted by Gasteiger charge is -2.11. The summed E-state index contributed by atoms with van der Waals surface area (Å²) >= 11 is 0. The van der Waals surface area contributed by atoms with E-state index in [2.05, 4.69) is 4.74 Å². The van der Waals surface area contributed by atoms with E-state index < -0.39 is 12.3 Å². The van der Waals surface area contributed by atoms with E-state index in [0.29, 0.717) is 5.57 Å². The van der Waals surface area contributed by atoms with Crippen LogP contribution in [0.3, 0.4) is 0 Å². The zero-order valence-electron chi connectivity index (χ0n) is 5.33. The lowest BCUT2D eigenvalue weighted by Crippen LogP contribution is -2.19.